The SMILES string of the molecule is CC(C)CNC(=O)CN1CCN(S(=O)(=O)c2ccccc2F)CC1. The second-order valence-corrected chi connectivity index (χ2v) is 8.21. The Morgan fingerprint density at radius 3 is 2.42 bits per heavy atom. The lowest BCUT2D eigenvalue weighted by Gasteiger charge is -2.33. The van der Waals surface area contributed by atoms with Crippen molar-refractivity contribution in [2.75, 3.05) is 39.3 Å². The molecule has 0 saturated carbocycles. The number of amides is 1. The minimum atomic E-state index is -3.83. The number of carbonyl (C=O) groups excluding carboxylic acids is 1. The van der Waals surface area contributed by atoms with Crippen molar-refractivity contribution in [3.63, 3.8) is 0 Å². The molecule has 0 unspecified atom stereocenters. The van der Waals surface area contributed by atoms with Crippen molar-refractivity contribution in [3.05, 3.63) is 30.1 Å². The molecule has 1 N–H and O–H groups in total. The maximum Gasteiger partial charge on any atom is 0.246 e. The van der Waals surface area contributed by atoms with E-state index in [0.717, 1.165) is 6.07 Å². The van der Waals surface area contributed by atoms with E-state index < -0.39 is 15.8 Å². The first-order valence-electron chi connectivity index (χ1n) is 8.04. The maximum absolute atomic E-state index is 13.8. The Labute approximate surface area is 142 Å². The molecule has 6 nitrogen and oxygen atoms in total. The molecular weight excluding hydrogens is 333 g/mol. The minimum Gasteiger partial charge on any atom is -0.355 e. The van der Waals surface area contributed by atoms with Gasteiger partial charge in [-0.15, -0.1) is 0 Å². The molecule has 134 valence electrons. The fourth-order valence-corrected chi connectivity index (χ4v) is 3.99. The van der Waals surface area contributed by atoms with Gasteiger partial charge in [-0.1, -0.05) is 26.0 Å². The Morgan fingerprint density at radius 2 is 1.83 bits per heavy atom. The van der Waals surface area contributed by atoms with E-state index >= 15 is 0 Å². The molecule has 0 aliphatic carbocycles. The number of benzene rings is 1. The van der Waals surface area contributed by atoms with Crippen molar-refractivity contribution in [2.24, 2.45) is 5.92 Å². The summed E-state index contributed by atoms with van der Waals surface area (Å²) in [5.41, 5.74) is 0. The van der Waals surface area contributed by atoms with Crippen LogP contribution >= 0.6 is 0 Å². The summed E-state index contributed by atoms with van der Waals surface area (Å²) < 4.78 is 40.0. The van der Waals surface area contributed by atoms with Crippen molar-refractivity contribution in [3.8, 4) is 0 Å². The molecule has 0 aromatic heterocycles. The first-order valence-corrected chi connectivity index (χ1v) is 9.48. The van der Waals surface area contributed by atoms with E-state index in [9.17, 15) is 17.6 Å². The molecule has 1 heterocycles. The molecule has 0 bridgehead atoms. The number of sulfonamides is 1. The van der Waals surface area contributed by atoms with E-state index in [-0.39, 0.29) is 30.4 Å². The molecule has 1 aliphatic rings. The van der Waals surface area contributed by atoms with Gasteiger partial charge in [-0.3, -0.25) is 9.69 Å². The molecule has 0 atom stereocenters. The van der Waals surface area contributed by atoms with Gasteiger partial charge >= 0.3 is 0 Å². The van der Waals surface area contributed by atoms with E-state index in [1.54, 1.807) is 0 Å². The van der Waals surface area contributed by atoms with Crippen LogP contribution in [0.2, 0.25) is 0 Å². The molecule has 2 rings (SSSR count). The van der Waals surface area contributed by atoms with Crippen LogP contribution in [0.25, 0.3) is 0 Å². The molecule has 0 radical (unpaired) electrons. The van der Waals surface area contributed by atoms with Crippen LogP contribution < -0.4 is 5.32 Å². The smallest absolute Gasteiger partial charge is 0.246 e. The molecule has 1 saturated heterocycles. The van der Waals surface area contributed by atoms with Crippen LogP contribution in [-0.4, -0.2) is 62.8 Å². The number of halogens is 1. The lowest BCUT2D eigenvalue weighted by molar-refractivity contribution is -0.122. The number of hydrogen-bond donors (Lipinski definition) is 1. The van der Waals surface area contributed by atoms with Gasteiger partial charge in [0.25, 0.3) is 0 Å². The number of nitrogens with one attached hydrogen (secondary N) is 1. The normalized spacial score (nSPS) is 17.2. The van der Waals surface area contributed by atoms with Crippen LogP contribution in [0.3, 0.4) is 0 Å². The second kappa shape index (κ2) is 8.04. The third kappa shape index (κ3) is 4.75. The van der Waals surface area contributed by atoms with E-state index in [0.29, 0.717) is 25.6 Å². The van der Waals surface area contributed by atoms with Gasteiger partial charge in [0.15, 0.2) is 0 Å². The largest absolute Gasteiger partial charge is 0.355 e. The zero-order chi connectivity index (χ0) is 17.7. The van der Waals surface area contributed by atoms with Crippen LogP contribution in [0.5, 0.6) is 0 Å². The maximum atomic E-state index is 13.8. The Kier molecular flexibility index (Phi) is 6.31. The lowest BCUT2D eigenvalue weighted by atomic mass is 10.2. The predicted octanol–water partition coefficient (Wildman–Crippen LogP) is 0.904. The van der Waals surface area contributed by atoms with Gasteiger partial charge < -0.3 is 5.32 Å². The van der Waals surface area contributed by atoms with Gasteiger partial charge in [-0.2, -0.15) is 4.31 Å². The van der Waals surface area contributed by atoms with Crippen molar-refractivity contribution >= 4 is 15.9 Å². The summed E-state index contributed by atoms with van der Waals surface area (Å²) in [6.07, 6.45) is 0. The summed E-state index contributed by atoms with van der Waals surface area (Å²) in [5, 5.41) is 2.84. The Bertz CT molecular complexity index is 671. The van der Waals surface area contributed by atoms with Gasteiger partial charge in [-0.05, 0) is 18.1 Å². The zero-order valence-corrected chi connectivity index (χ0v) is 14.9. The average Bonchev–Trinajstić information content (AvgIpc) is 2.53. The monoisotopic (exact) mass is 357 g/mol. The topological polar surface area (TPSA) is 69.7 Å². The highest BCUT2D eigenvalue weighted by Gasteiger charge is 2.30. The Balaban J connectivity index is 1.91. The van der Waals surface area contributed by atoms with Gasteiger partial charge in [0.05, 0.1) is 6.54 Å². The third-order valence-electron chi connectivity index (χ3n) is 3.86. The molecule has 24 heavy (non-hydrogen) atoms. The first-order chi connectivity index (χ1) is 11.3. The van der Waals surface area contributed by atoms with Gasteiger partial charge in [0.1, 0.15) is 10.7 Å². The predicted molar refractivity (Wildman–Crippen MR) is 89.4 cm³/mol. The van der Waals surface area contributed by atoms with Crippen molar-refractivity contribution < 1.29 is 17.6 Å². The van der Waals surface area contributed by atoms with Crippen molar-refractivity contribution in [1.82, 2.24) is 14.5 Å². The van der Waals surface area contributed by atoms with Crippen molar-refractivity contribution in [2.45, 2.75) is 18.7 Å². The third-order valence-corrected chi connectivity index (χ3v) is 5.79. The molecule has 1 fully saturated rings. The van der Waals surface area contributed by atoms with Gasteiger partial charge in [0, 0.05) is 32.7 Å². The molecule has 1 aromatic rings. The number of rotatable bonds is 6. The molecule has 1 aromatic carbocycles. The van der Waals surface area contributed by atoms with E-state index in [2.05, 4.69) is 5.32 Å². The molecule has 1 aliphatic heterocycles. The number of carbonyl (C=O) groups is 1. The second-order valence-electron chi connectivity index (χ2n) is 6.31. The first kappa shape index (κ1) is 18.8. The minimum absolute atomic E-state index is 0.0610. The number of hydrogen-bond acceptors (Lipinski definition) is 4. The summed E-state index contributed by atoms with van der Waals surface area (Å²) >= 11 is 0. The van der Waals surface area contributed by atoms with Crippen LogP contribution in [0, 0.1) is 11.7 Å². The Hall–Kier alpha value is -1.51. The van der Waals surface area contributed by atoms with E-state index in [1.807, 2.05) is 18.7 Å². The summed E-state index contributed by atoms with van der Waals surface area (Å²) in [6, 6.07) is 5.38. The molecular formula is C16H24FN3O3S. The molecule has 1 amide bonds. The van der Waals surface area contributed by atoms with Crippen LogP contribution in [-0.2, 0) is 14.8 Å². The van der Waals surface area contributed by atoms with Crippen LogP contribution in [0.1, 0.15) is 13.8 Å². The van der Waals surface area contributed by atoms with Crippen LogP contribution in [0.4, 0.5) is 4.39 Å². The molecule has 0 spiro atoms. The van der Waals surface area contributed by atoms with Gasteiger partial charge in [0.2, 0.25) is 15.9 Å². The highest BCUT2D eigenvalue weighted by Crippen LogP contribution is 2.20. The zero-order valence-electron chi connectivity index (χ0n) is 14.0. The summed E-state index contributed by atoms with van der Waals surface area (Å²) in [4.78, 5) is 13.4. The fourth-order valence-electron chi connectivity index (χ4n) is 2.50. The lowest BCUT2D eigenvalue weighted by Crippen LogP contribution is -2.51. The summed E-state index contributed by atoms with van der Waals surface area (Å²) in [5.74, 6) is -0.418. The number of piperazine rings is 1. The highest BCUT2D eigenvalue weighted by molar-refractivity contribution is 7.89. The fraction of sp³-hybridized carbons (Fsp3) is 0.562. The summed E-state index contributed by atoms with van der Waals surface area (Å²) in [6.45, 7) is 6.30. The van der Waals surface area contributed by atoms with E-state index in [4.69, 9.17) is 0 Å². The quantitative estimate of drug-likeness (QED) is 0.821. The summed E-state index contributed by atoms with van der Waals surface area (Å²) in [7, 11) is -3.83. The Morgan fingerprint density at radius 1 is 1.21 bits per heavy atom. The molecule has 8 heteroatoms. The van der Waals surface area contributed by atoms with Crippen LogP contribution in [0.15, 0.2) is 29.2 Å². The number of nitrogens with zero attached hydrogens (tertiary/aromatic N) is 2. The average molecular weight is 357 g/mol. The standard InChI is InChI=1S/C16H24FN3O3S/c1-13(2)11-18-16(21)12-19-7-9-20(10-8-19)24(22,23)15-6-4-3-5-14(15)17/h3-6,13H,7-12H2,1-2H3,(H,18,21). The van der Waals surface area contributed by atoms with Gasteiger partial charge in [-0.25, -0.2) is 12.8 Å². The van der Waals surface area contributed by atoms with E-state index in [1.165, 1.54) is 22.5 Å². The highest BCUT2D eigenvalue weighted by atomic mass is 32.2. The van der Waals surface area contributed by atoms with Crippen molar-refractivity contribution in [1.29, 1.82) is 0 Å².